The first-order valence-corrected chi connectivity index (χ1v) is 6.47. The lowest BCUT2D eigenvalue weighted by Gasteiger charge is -2.20. The maximum atomic E-state index is 11.8. The molecule has 0 aliphatic carbocycles. The minimum absolute atomic E-state index is 0.0401. The van der Waals surface area contributed by atoms with Crippen molar-refractivity contribution in [2.45, 2.75) is 13.0 Å². The number of anilines is 1. The number of carboxylic acid groups (broad SMARTS) is 1. The van der Waals surface area contributed by atoms with Crippen LogP contribution in [0.5, 0.6) is 0 Å². The van der Waals surface area contributed by atoms with E-state index in [4.69, 9.17) is 5.11 Å². The second-order valence-electron chi connectivity index (χ2n) is 3.96. The van der Waals surface area contributed by atoms with Gasteiger partial charge >= 0.3 is 5.97 Å². The third-order valence-corrected chi connectivity index (χ3v) is 3.50. The van der Waals surface area contributed by atoms with Crippen LogP contribution in [-0.4, -0.2) is 41.5 Å². The zero-order valence-electron chi connectivity index (χ0n) is 10.2. The highest BCUT2D eigenvalue weighted by Gasteiger charge is 2.19. The van der Waals surface area contributed by atoms with E-state index in [1.165, 1.54) is 4.90 Å². The van der Waals surface area contributed by atoms with Gasteiger partial charge in [-0.05, 0) is 48.7 Å². The summed E-state index contributed by atoms with van der Waals surface area (Å²) in [6.07, 6.45) is 0. The summed E-state index contributed by atoms with van der Waals surface area (Å²) < 4.78 is 0.942. The second kappa shape index (κ2) is 6.69. The Morgan fingerprint density at radius 1 is 1.44 bits per heavy atom. The predicted octanol–water partition coefficient (Wildman–Crippen LogP) is 1.63. The van der Waals surface area contributed by atoms with Gasteiger partial charge in [0, 0.05) is 3.57 Å². The van der Waals surface area contributed by atoms with Crippen LogP contribution in [0.3, 0.4) is 0 Å². The summed E-state index contributed by atoms with van der Waals surface area (Å²) in [6.45, 7) is 1.58. The molecule has 1 amide bonds. The monoisotopic (exact) mass is 362 g/mol. The number of rotatable bonds is 5. The van der Waals surface area contributed by atoms with E-state index in [9.17, 15) is 9.59 Å². The molecule has 2 N–H and O–H groups in total. The van der Waals surface area contributed by atoms with Crippen molar-refractivity contribution in [1.29, 1.82) is 0 Å². The second-order valence-corrected chi connectivity index (χ2v) is 5.12. The molecule has 0 aliphatic rings. The van der Waals surface area contributed by atoms with Gasteiger partial charge in [-0.3, -0.25) is 14.5 Å². The van der Waals surface area contributed by atoms with Gasteiger partial charge in [0.25, 0.3) is 0 Å². The van der Waals surface area contributed by atoms with Crippen LogP contribution in [0.1, 0.15) is 6.92 Å². The predicted molar refractivity (Wildman–Crippen MR) is 77.5 cm³/mol. The molecule has 98 valence electrons. The Bertz CT molecular complexity index is 451. The molecule has 1 atom stereocenters. The van der Waals surface area contributed by atoms with Crippen LogP contribution in [0.15, 0.2) is 24.3 Å². The quantitative estimate of drug-likeness (QED) is 0.782. The number of likely N-dealkylation sites (N-methyl/N-ethyl adjacent to an activating group) is 1. The van der Waals surface area contributed by atoms with Crippen LogP contribution < -0.4 is 5.32 Å². The Labute approximate surface area is 119 Å². The summed E-state index contributed by atoms with van der Waals surface area (Å²) in [7, 11) is 1.61. The van der Waals surface area contributed by atoms with Crippen LogP contribution in [0.4, 0.5) is 5.69 Å². The number of halogens is 1. The van der Waals surface area contributed by atoms with Gasteiger partial charge < -0.3 is 10.4 Å². The van der Waals surface area contributed by atoms with Crippen molar-refractivity contribution < 1.29 is 14.7 Å². The van der Waals surface area contributed by atoms with Crippen LogP contribution in [0, 0.1) is 3.57 Å². The van der Waals surface area contributed by atoms with Crippen molar-refractivity contribution in [3.8, 4) is 0 Å². The Balaban J connectivity index is 2.57. The zero-order chi connectivity index (χ0) is 13.7. The topological polar surface area (TPSA) is 69.6 Å². The lowest BCUT2D eigenvalue weighted by Crippen LogP contribution is -2.40. The maximum absolute atomic E-state index is 11.8. The van der Waals surface area contributed by atoms with E-state index < -0.39 is 12.0 Å². The lowest BCUT2D eigenvalue weighted by molar-refractivity contribution is -0.142. The van der Waals surface area contributed by atoms with E-state index in [-0.39, 0.29) is 12.5 Å². The van der Waals surface area contributed by atoms with Crippen LogP contribution >= 0.6 is 22.6 Å². The van der Waals surface area contributed by atoms with Crippen molar-refractivity contribution in [3.05, 3.63) is 27.8 Å². The molecule has 0 aromatic heterocycles. The minimum Gasteiger partial charge on any atom is -0.480 e. The number of carbonyl (C=O) groups is 2. The van der Waals surface area contributed by atoms with Crippen molar-refractivity contribution in [1.82, 2.24) is 4.90 Å². The Kier molecular flexibility index (Phi) is 5.54. The molecule has 1 aromatic carbocycles. The van der Waals surface area contributed by atoms with E-state index in [2.05, 4.69) is 27.9 Å². The third-order valence-electron chi connectivity index (χ3n) is 2.56. The van der Waals surface area contributed by atoms with E-state index in [1.54, 1.807) is 20.0 Å². The van der Waals surface area contributed by atoms with Gasteiger partial charge in [-0.1, -0.05) is 12.1 Å². The summed E-state index contributed by atoms with van der Waals surface area (Å²) in [4.78, 5) is 24.0. The van der Waals surface area contributed by atoms with Crippen molar-refractivity contribution in [2.75, 3.05) is 18.9 Å². The SMILES string of the molecule is CC(C(=O)O)N(C)CC(=O)Nc1ccccc1I. The standard InChI is InChI=1S/C12H15IN2O3/c1-8(12(17)18)15(2)7-11(16)14-10-6-4-3-5-9(10)13/h3-6,8H,7H2,1-2H3,(H,14,16)(H,17,18). The average Bonchev–Trinajstić information content (AvgIpc) is 2.30. The molecule has 1 aromatic rings. The largest absolute Gasteiger partial charge is 0.480 e. The molecule has 1 rings (SSSR count). The molecule has 1 unspecified atom stereocenters. The van der Waals surface area contributed by atoms with Crippen molar-refractivity contribution in [2.24, 2.45) is 0 Å². The molecular formula is C12H15IN2O3. The van der Waals surface area contributed by atoms with E-state index >= 15 is 0 Å². The fraction of sp³-hybridized carbons (Fsp3) is 0.333. The first kappa shape index (κ1) is 14.9. The Morgan fingerprint density at radius 3 is 2.61 bits per heavy atom. The maximum Gasteiger partial charge on any atom is 0.320 e. The number of hydrogen-bond donors (Lipinski definition) is 2. The first-order valence-electron chi connectivity index (χ1n) is 5.39. The Morgan fingerprint density at radius 2 is 2.06 bits per heavy atom. The van der Waals surface area contributed by atoms with Gasteiger partial charge in [0.15, 0.2) is 0 Å². The van der Waals surface area contributed by atoms with Crippen LogP contribution in [0.2, 0.25) is 0 Å². The van der Waals surface area contributed by atoms with Gasteiger partial charge in [0.05, 0.1) is 12.2 Å². The van der Waals surface area contributed by atoms with Gasteiger partial charge in [0.1, 0.15) is 6.04 Å². The van der Waals surface area contributed by atoms with Gasteiger partial charge in [-0.25, -0.2) is 0 Å². The molecule has 0 radical (unpaired) electrons. The normalized spacial score (nSPS) is 12.2. The highest BCUT2D eigenvalue weighted by atomic mass is 127. The first-order chi connectivity index (χ1) is 8.41. The van der Waals surface area contributed by atoms with E-state index in [0.29, 0.717) is 0 Å². The molecule has 0 saturated heterocycles. The molecule has 0 saturated carbocycles. The number of carbonyl (C=O) groups excluding carboxylic acids is 1. The summed E-state index contributed by atoms with van der Waals surface area (Å²) in [5.74, 6) is -1.17. The molecule has 18 heavy (non-hydrogen) atoms. The molecule has 5 nitrogen and oxygen atoms in total. The highest BCUT2D eigenvalue weighted by Crippen LogP contribution is 2.16. The van der Waals surface area contributed by atoms with Crippen LogP contribution in [-0.2, 0) is 9.59 Å². The number of aliphatic carboxylic acids is 1. The van der Waals surface area contributed by atoms with E-state index in [0.717, 1.165) is 9.26 Å². The van der Waals surface area contributed by atoms with Gasteiger partial charge in [0.2, 0.25) is 5.91 Å². The number of nitrogens with zero attached hydrogens (tertiary/aromatic N) is 1. The van der Waals surface area contributed by atoms with Crippen molar-refractivity contribution in [3.63, 3.8) is 0 Å². The molecule has 0 aliphatic heterocycles. The average molecular weight is 362 g/mol. The number of nitrogens with one attached hydrogen (secondary N) is 1. The molecule has 0 heterocycles. The summed E-state index contributed by atoms with van der Waals surface area (Å²) in [6, 6.07) is 6.72. The molecule has 6 heteroatoms. The Hall–Kier alpha value is -1.15. The number of hydrogen-bond acceptors (Lipinski definition) is 3. The third kappa shape index (κ3) is 4.26. The molecule has 0 bridgehead atoms. The number of para-hydroxylation sites is 1. The van der Waals surface area contributed by atoms with Crippen molar-refractivity contribution >= 4 is 40.2 Å². The minimum atomic E-state index is -0.945. The fourth-order valence-corrected chi connectivity index (χ4v) is 1.83. The fourth-order valence-electron chi connectivity index (χ4n) is 1.30. The molecular weight excluding hydrogens is 347 g/mol. The summed E-state index contributed by atoms with van der Waals surface area (Å²) in [5.41, 5.74) is 0.736. The van der Waals surface area contributed by atoms with Gasteiger partial charge in [-0.2, -0.15) is 0 Å². The summed E-state index contributed by atoms with van der Waals surface area (Å²) >= 11 is 2.13. The highest BCUT2D eigenvalue weighted by molar-refractivity contribution is 14.1. The zero-order valence-corrected chi connectivity index (χ0v) is 12.3. The summed E-state index contributed by atoms with van der Waals surface area (Å²) in [5, 5.41) is 11.6. The molecule has 0 fully saturated rings. The number of benzene rings is 1. The smallest absolute Gasteiger partial charge is 0.320 e. The molecule has 0 spiro atoms. The number of amides is 1. The lowest BCUT2D eigenvalue weighted by atomic mass is 10.3. The van der Waals surface area contributed by atoms with E-state index in [1.807, 2.05) is 18.2 Å². The van der Waals surface area contributed by atoms with Crippen LogP contribution in [0.25, 0.3) is 0 Å². The van der Waals surface area contributed by atoms with Gasteiger partial charge in [-0.15, -0.1) is 0 Å². The number of carboxylic acids is 1.